The van der Waals surface area contributed by atoms with Crippen LogP contribution in [0.15, 0.2) is 0 Å². The van der Waals surface area contributed by atoms with Crippen molar-refractivity contribution in [2.24, 2.45) is 11.7 Å². The van der Waals surface area contributed by atoms with Gasteiger partial charge in [0.05, 0.1) is 6.10 Å². The van der Waals surface area contributed by atoms with Crippen molar-refractivity contribution in [3.63, 3.8) is 0 Å². The Morgan fingerprint density at radius 2 is 2.20 bits per heavy atom. The lowest BCUT2D eigenvalue weighted by molar-refractivity contribution is -0.126. The third kappa shape index (κ3) is 3.71. The number of nitrogens with one attached hydrogen (secondary N) is 1. The van der Waals surface area contributed by atoms with E-state index < -0.39 is 5.54 Å². The first kappa shape index (κ1) is 15.7. The Kier molecular flexibility index (Phi) is 5.41. The minimum absolute atomic E-state index is 0.201. The Labute approximate surface area is 122 Å². The summed E-state index contributed by atoms with van der Waals surface area (Å²) < 4.78 is 5.68. The highest BCUT2D eigenvalue weighted by Crippen LogP contribution is 2.40. The van der Waals surface area contributed by atoms with Crippen molar-refractivity contribution in [3.05, 3.63) is 0 Å². The van der Waals surface area contributed by atoms with Gasteiger partial charge in [0.15, 0.2) is 0 Å². The van der Waals surface area contributed by atoms with Crippen molar-refractivity contribution < 1.29 is 9.53 Å². The van der Waals surface area contributed by atoms with Gasteiger partial charge >= 0.3 is 0 Å². The average Bonchev–Trinajstić information content (AvgIpc) is 3.14. The zero-order valence-electron chi connectivity index (χ0n) is 12.9. The lowest BCUT2D eigenvalue weighted by Gasteiger charge is -2.36. The molecule has 0 aromatic rings. The second-order valence-corrected chi connectivity index (χ2v) is 6.37. The summed E-state index contributed by atoms with van der Waals surface area (Å²) in [5, 5.41) is 3.44. The second-order valence-electron chi connectivity index (χ2n) is 6.37. The molecule has 2 unspecified atom stereocenters. The van der Waals surface area contributed by atoms with E-state index in [1.54, 1.807) is 0 Å². The van der Waals surface area contributed by atoms with Crippen LogP contribution in [-0.2, 0) is 9.53 Å². The first-order valence-electron chi connectivity index (χ1n) is 7.93. The van der Waals surface area contributed by atoms with E-state index in [1.807, 2.05) is 0 Å². The predicted molar refractivity (Wildman–Crippen MR) is 79.4 cm³/mol. The Hall–Kier alpha value is -0.650. The molecular formula is C15H29N3O2. The molecule has 20 heavy (non-hydrogen) atoms. The van der Waals surface area contributed by atoms with Gasteiger partial charge in [-0.1, -0.05) is 6.92 Å². The maximum Gasteiger partial charge on any atom is 0.239 e. The molecule has 1 saturated carbocycles. The van der Waals surface area contributed by atoms with E-state index in [4.69, 9.17) is 10.5 Å². The summed E-state index contributed by atoms with van der Waals surface area (Å²) in [5.41, 5.74) is 5.20. The maximum absolute atomic E-state index is 12.1. The Bertz CT molecular complexity index is 327. The summed E-state index contributed by atoms with van der Waals surface area (Å²) in [6, 6.07) is 0. The molecule has 0 aromatic heterocycles. The van der Waals surface area contributed by atoms with Crippen molar-refractivity contribution in [1.82, 2.24) is 10.2 Å². The molecule has 2 rings (SSSR count). The molecule has 0 radical (unpaired) electrons. The topological polar surface area (TPSA) is 67.6 Å². The normalized spacial score (nSPS) is 25.9. The van der Waals surface area contributed by atoms with Crippen LogP contribution in [0.2, 0.25) is 0 Å². The van der Waals surface area contributed by atoms with Crippen LogP contribution in [0.25, 0.3) is 0 Å². The third-order valence-electron chi connectivity index (χ3n) is 4.46. The standard InChI is InChI=1S/C15H29N3O2/c1-3-8-17-15(14(16)19,12-6-7-12)11-18(2)10-13-5-4-9-20-13/h12-13,17H,3-11H2,1-2H3,(H2,16,19). The van der Waals surface area contributed by atoms with Gasteiger partial charge < -0.3 is 20.7 Å². The summed E-state index contributed by atoms with van der Waals surface area (Å²) in [5.74, 6) is 0.200. The van der Waals surface area contributed by atoms with E-state index in [2.05, 4.69) is 24.2 Å². The molecule has 2 atom stereocenters. The fourth-order valence-electron chi connectivity index (χ4n) is 3.25. The lowest BCUT2D eigenvalue weighted by atomic mass is 9.91. The predicted octanol–water partition coefficient (Wildman–Crippen LogP) is 0.731. The number of hydrogen-bond donors (Lipinski definition) is 2. The molecule has 1 amide bonds. The van der Waals surface area contributed by atoms with E-state index in [1.165, 1.54) is 0 Å². The largest absolute Gasteiger partial charge is 0.377 e. The van der Waals surface area contributed by atoms with Crippen molar-refractivity contribution in [1.29, 1.82) is 0 Å². The number of carbonyl (C=O) groups is 1. The zero-order valence-corrected chi connectivity index (χ0v) is 12.9. The number of amides is 1. The van der Waals surface area contributed by atoms with Crippen molar-refractivity contribution in [3.8, 4) is 0 Å². The van der Waals surface area contributed by atoms with Gasteiger partial charge in [-0.3, -0.25) is 4.79 Å². The molecule has 5 heteroatoms. The summed E-state index contributed by atoms with van der Waals surface area (Å²) in [6.07, 6.45) is 5.81. The zero-order chi connectivity index (χ0) is 14.6. The summed E-state index contributed by atoms with van der Waals surface area (Å²) >= 11 is 0. The molecule has 1 saturated heterocycles. The smallest absolute Gasteiger partial charge is 0.239 e. The number of likely N-dealkylation sites (N-methyl/N-ethyl adjacent to an activating group) is 1. The van der Waals surface area contributed by atoms with Crippen LogP contribution in [0.3, 0.4) is 0 Å². The molecule has 1 heterocycles. The van der Waals surface area contributed by atoms with Crippen LogP contribution in [-0.4, -0.2) is 55.7 Å². The highest BCUT2D eigenvalue weighted by atomic mass is 16.5. The van der Waals surface area contributed by atoms with E-state index in [9.17, 15) is 4.79 Å². The van der Waals surface area contributed by atoms with Gasteiger partial charge in [0, 0.05) is 19.7 Å². The van der Waals surface area contributed by atoms with Gasteiger partial charge in [0.2, 0.25) is 5.91 Å². The fraction of sp³-hybridized carbons (Fsp3) is 0.933. The second kappa shape index (κ2) is 6.87. The molecule has 0 aromatic carbocycles. The molecule has 0 bridgehead atoms. The number of nitrogens with two attached hydrogens (primary N) is 1. The number of rotatable bonds is 9. The number of hydrogen-bond acceptors (Lipinski definition) is 4. The molecule has 2 aliphatic rings. The van der Waals surface area contributed by atoms with Crippen molar-refractivity contribution in [2.45, 2.75) is 50.7 Å². The van der Waals surface area contributed by atoms with E-state index in [-0.39, 0.29) is 5.91 Å². The summed E-state index contributed by atoms with van der Waals surface area (Å²) in [7, 11) is 2.06. The molecular weight excluding hydrogens is 254 g/mol. The van der Waals surface area contributed by atoms with E-state index >= 15 is 0 Å². The Morgan fingerprint density at radius 1 is 1.45 bits per heavy atom. The molecule has 0 spiro atoms. The molecule has 1 aliphatic heterocycles. The van der Waals surface area contributed by atoms with Crippen LogP contribution in [0, 0.1) is 5.92 Å². The van der Waals surface area contributed by atoms with Crippen LogP contribution in [0.4, 0.5) is 0 Å². The average molecular weight is 283 g/mol. The molecule has 3 N–H and O–H groups in total. The minimum Gasteiger partial charge on any atom is -0.377 e. The first-order chi connectivity index (χ1) is 9.58. The Balaban J connectivity index is 1.96. The summed E-state index contributed by atoms with van der Waals surface area (Å²) in [6.45, 7) is 5.40. The van der Waals surface area contributed by atoms with Crippen LogP contribution in [0.5, 0.6) is 0 Å². The third-order valence-corrected chi connectivity index (χ3v) is 4.46. The fourth-order valence-corrected chi connectivity index (χ4v) is 3.25. The molecule has 2 fully saturated rings. The first-order valence-corrected chi connectivity index (χ1v) is 7.93. The van der Waals surface area contributed by atoms with Crippen molar-refractivity contribution in [2.75, 3.05) is 33.3 Å². The summed E-state index contributed by atoms with van der Waals surface area (Å²) in [4.78, 5) is 14.3. The molecule has 5 nitrogen and oxygen atoms in total. The number of carbonyl (C=O) groups excluding carboxylic acids is 1. The van der Waals surface area contributed by atoms with Crippen LogP contribution < -0.4 is 11.1 Å². The number of ether oxygens (including phenoxy) is 1. The van der Waals surface area contributed by atoms with Gasteiger partial charge in [-0.05, 0) is 51.6 Å². The highest BCUT2D eigenvalue weighted by Gasteiger charge is 2.50. The van der Waals surface area contributed by atoms with E-state index in [0.29, 0.717) is 18.6 Å². The number of nitrogens with zero attached hydrogens (tertiary/aromatic N) is 1. The van der Waals surface area contributed by atoms with Crippen LogP contribution >= 0.6 is 0 Å². The molecule has 1 aliphatic carbocycles. The highest BCUT2D eigenvalue weighted by molar-refractivity contribution is 5.86. The monoisotopic (exact) mass is 283 g/mol. The van der Waals surface area contributed by atoms with Gasteiger partial charge in [-0.2, -0.15) is 0 Å². The van der Waals surface area contributed by atoms with Gasteiger partial charge in [0.25, 0.3) is 0 Å². The Morgan fingerprint density at radius 3 is 2.70 bits per heavy atom. The SMILES string of the molecule is CCCNC(CN(C)CC1CCCO1)(C(N)=O)C1CC1. The number of primary amides is 1. The van der Waals surface area contributed by atoms with Gasteiger partial charge in [0.1, 0.15) is 5.54 Å². The minimum atomic E-state index is -0.552. The molecule has 116 valence electrons. The maximum atomic E-state index is 12.1. The van der Waals surface area contributed by atoms with Gasteiger partial charge in [-0.25, -0.2) is 0 Å². The van der Waals surface area contributed by atoms with Crippen LogP contribution in [0.1, 0.15) is 39.0 Å². The van der Waals surface area contributed by atoms with Crippen molar-refractivity contribution >= 4 is 5.91 Å². The lowest BCUT2D eigenvalue weighted by Crippen LogP contribution is -2.63. The van der Waals surface area contributed by atoms with Gasteiger partial charge in [-0.15, -0.1) is 0 Å². The van der Waals surface area contributed by atoms with E-state index in [0.717, 1.165) is 51.8 Å². The quantitative estimate of drug-likeness (QED) is 0.655.